The smallest absolute Gasteiger partial charge is 0.170 e. The molecular weight excluding hydrogens is 304 g/mol. The first kappa shape index (κ1) is 14.5. The van der Waals surface area contributed by atoms with E-state index in [1.54, 1.807) is 0 Å². The lowest BCUT2D eigenvalue weighted by Gasteiger charge is -2.24. The van der Waals surface area contributed by atoms with Gasteiger partial charge in [-0.1, -0.05) is 37.5 Å². The van der Waals surface area contributed by atoms with E-state index in [1.165, 1.54) is 32.1 Å². The van der Waals surface area contributed by atoms with Gasteiger partial charge in [0.25, 0.3) is 0 Å². The SMILES string of the molecule is S=C(Nc1ccc2c(c1)oc1ccccc12)NC1CCCCC1. The van der Waals surface area contributed by atoms with Crippen LogP contribution in [0.4, 0.5) is 5.69 Å². The molecule has 1 saturated carbocycles. The molecule has 0 radical (unpaired) electrons. The number of nitrogens with one attached hydrogen (secondary N) is 2. The van der Waals surface area contributed by atoms with Crippen molar-refractivity contribution in [3.8, 4) is 0 Å². The number of hydrogen-bond donors (Lipinski definition) is 2. The summed E-state index contributed by atoms with van der Waals surface area (Å²) in [6, 6.07) is 14.8. The first-order chi connectivity index (χ1) is 11.3. The summed E-state index contributed by atoms with van der Waals surface area (Å²) in [5, 5.41) is 9.71. The van der Waals surface area contributed by atoms with Crippen LogP contribution in [0.5, 0.6) is 0 Å². The Bertz CT molecular complexity index is 849. The molecule has 1 aromatic heterocycles. The van der Waals surface area contributed by atoms with Crippen molar-refractivity contribution in [3.05, 3.63) is 42.5 Å². The van der Waals surface area contributed by atoms with Gasteiger partial charge in [-0.15, -0.1) is 0 Å². The summed E-state index contributed by atoms with van der Waals surface area (Å²) in [5.41, 5.74) is 2.77. The van der Waals surface area contributed by atoms with E-state index in [-0.39, 0.29) is 0 Å². The van der Waals surface area contributed by atoms with E-state index in [0.29, 0.717) is 11.2 Å². The van der Waals surface area contributed by atoms with Crippen LogP contribution in [0, 0.1) is 0 Å². The molecule has 4 heteroatoms. The molecule has 3 nitrogen and oxygen atoms in total. The van der Waals surface area contributed by atoms with Crippen LogP contribution >= 0.6 is 12.2 Å². The molecule has 2 aromatic carbocycles. The molecule has 0 spiro atoms. The van der Waals surface area contributed by atoms with E-state index in [4.69, 9.17) is 16.6 Å². The predicted octanol–water partition coefficient (Wildman–Crippen LogP) is 5.21. The molecule has 23 heavy (non-hydrogen) atoms. The molecule has 0 saturated heterocycles. The Kier molecular flexibility index (Phi) is 3.92. The molecule has 0 atom stereocenters. The minimum absolute atomic E-state index is 0.513. The fourth-order valence-corrected chi connectivity index (χ4v) is 3.69. The van der Waals surface area contributed by atoms with Crippen molar-refractivity contribution in [2.45, 2.75) is 38.1 Å². The molecule has 2 N–H and O–H groups in total. The van der Waals surface area contributed by atoms with Gasteiger partial charge < -0.3 is 15.1 Å². The summed E-state index contributed by atoms with van der Waals surface area (Å²) in [7, 11) is 0. The fraction of sp³-hybridized carbons (Fsp3) is 0.316. The zero-order chi connectivity index (χ0) is 15.6. The highest BCUT2D eigenvalue weighted by Gasteiger charge is 2.14. The first-order valence-corrected chi connectivity index (χ1v) is 8.69. The minimum Gasteiger partial charge on any atom is -0.456 e. The van der Waals surface area contributed by atoms with E-state index in [1.807, 2.05) is 24.3 Å². The van der Waals surface area contributed by atoms with Crippen molar-refractivity contribution in [3.63, 3.8) is 0 Å². The highest BCUT2D eigenvalue weighted by molar-refractivity contribution is 7.80. The van der Waals surface area contributed by atoms with Gasteiger partial charge in [-0.2, -0.15) is 0 Å². The number of para-hydroxylation sites is 1. The van der Waals surface area contributed by atoms with Crippen LogP contribution < -0.4 is 10.6 Å². The van der Waals surface area contributed by atoms with E-state index in [9.17, 15) is 0 Å². The highest BCUT2D eigenvalue weighted by Crippen LogP contribution is 2.30. The second-order valence-electron chi connectivity index (χ2n) is 6.24. The molecule has 0 aliphatic heterocycles. The van der Waals surface area contributed by atoms with Crippen molar-refractivity contribution in [2.75, 3.05) is 5.32 Å². The van der Waals surface area contributed by atoms with E-state index in [2.05, 4.69) is 28.8 Å². The van der Waals surface area contributed by atoms with E-state index >= 15 is 0 Å². The van der Waals surface area contributed by atoms with Gasteiger partial charge in [0.2, 0.25) is 0 Å². The number of furan rings is 1. The number of thiocarbonyl (C=S) groups is 1. The second kappa shape index (κ2) is 6.20. The third-order valence-corrected chi connectivity index (χ3v) is 4.80. The van der Waals surface area contributed by atoms with Gasteiger partial charge in [0, 0.05) is 28.6 Å². The lowest BCUT2D eigenvalue weighted by Crippen LogP contribution is -2.38. The molecule has 0 bridgehead atoms. The zero-order valence-electron chi connectivity index (χ0n) is 13.0. The summed E-state index contributed by atoms with van der Waals surface area (Å²) in [6.07, 6.45) is 6.37. The number of hydrogen-bond acceptors (Lipinski definition) is 2. The summed E-state index contributed by atoms with van der Waals surface area (Å²) < 4.78 is 5.92. The Morgan fingerprint density at radius 2 is 1.74 bits per heavy atom. The van der Waals surface area contributed by atoms with Crippen LogP contribution in [0.25, 0.3) is 21.9 Å². The van der Waals surface area contributed by atoms with Gasteiger partial charge in [0.05, 0.1) is 0 Å². The number of rotatable bonds is 2. The molecule has 1 heterocycles. The largest absolute Gasteiger partial charge is 0.456 e. The Hall–Kier alpha value is -2.07. The number of anilines is 1. The maximum atomic E-state index is 5.92. The molecule has 0 amide bonds. The van der Waals surface area contributed by atoms with Gasteiger partial charge >= 0.3 is 0 Å². The van der Waals surface area contributed by atoms with Crippen molar-refractivity contribution in [1.82, 2.24) is 5.32 Å². The van der Waals surface area contributed by atoms with E-state index < -0.39 is 0 Å². The summed E-state index contributed by atoms with van der Waals surface area (Å²) in [6.45, 7) is 0. The van der Waals surface area contributed by atoms with Crippen LogP contribution in [0.3, 0.4) is 0 Å². The van der Waals surface area contributed by atoms with Crippen molar-refractivity contribution in [1.29, 1.82) is 0 Å². The summed E-state index contributed by atoms with van der Waals surface area (Å²) in [5.74, 6) is 0. The standard InChI is InChI=1S/C19H20N2OS/c23-19(20-13-6-2-1-3-7-13)21-14-10-11-16-15-8-4-5-9-17(15)22-18(16)12-14/h4-5,8-13H,1-3,6-7H2,(H2,20,21,23). The zero-order valence-corrected chi connectivity index (χ0v) is 13.8. The topological polar surface area (TPSA) is 37.2 Å². The first-order valence-electron chi connectivity index (χ1n) is 8.28. The predicted molar refractivity (Wildman–Crippen MR) is 99.9 cm³/mol. The third kappa shape index (κ3) is 3.04. The van der Waals surface area contributed by atoms with Crippen LogP contribution in [0.1, 0.15) is 32.1 Å². The van der Waals surface area contributed by atoms with E-state index in [0.717, 1.165) is 27.6 Å². The Morgan fingerprint density at radius 3 is 2.61 bits per heavy atom. The van der Waals surface area contributed by atoms with Crippen molar-refractivity contribution < 1.29 is 4.42 Å². The lowest BCUT2D eigenvalue weighted by molar-refractivity contribution is 0.415. The third-order valence-electron chi connectivity index (χ3n) is 4.58. The van der Waals surface area contributed by atoms with Gasteiger partial charge in [0.15, 0.2) is 5.11 Å². The average Bonchev–Trinajstić information content (AvgIpc) is 2.93. The minimum atomic E-state index is 0.513. The Balaban J connectivity index is 1.52. The van der Waals surface area contributed by atoms with Gasteiger partial charge in [-0.05, 0) is 43.3 Å². The summed E-state index contributed by atoms with van der Waals surface area (Å²) >= 11 is 5.45. The van der Waals surface area contributed by atoms with Crippen molar-refractivity contribution >= 4 is 45.0 Å². The molecule has 4 rings (SSSR count). The normalized spacial score (nSPS) is 15.8. The average molecular weight is 324 g/mol. The summed E-state index contributed by atoms with van der Waals surface area (Å²) in [4.78, 5) is 0. The van der Waals surface area contributed by atoms with Crippen LogP contribution in [-0.4, -0.2) is 11.2 Å². The van der Waals surface area contributed by atoms with Crippen LogP contribution in [0.2, 0.25) is 0 Å². The van der Waals surface area contributed by atoms with Crippen LogP contribution in [0.15, 0.2) is 46.9 Å². The maximum Gasteiger partial charge on any atom is 0.170 e. The van der Waals surface area contributed by atoms with Gasteiger partial charge in [-0.25, -0.2) is 0 Å². The molecule has 1 aliphatic rings. The lowest BCUT2D eigenvalue weighted by atomic mass is 9.96. The highest BCUT2D eigenvalue weighted by atomic mass is 32.1. The number of fused-ring (bicyclic) bond motifs is 3. The molecule has 118 valence electrons. The monoisotopic (exact) mass is 324 g/mol. The van der Waals surface area contributed by atoms with Crippen LogP contribution in [-0.2, 0) is 0 Å². The molecule has 1 aliphatic carbocycles. The molecule has 3 aromatic rings. The fourth-order valence-electron chi connectivity index (χ4n) is 3.40. The Morgan fingerprint density at radius 1 is 0.957 bits per heavy atom. The molecule has 1 fully saturated rings. The Labute approximate surface area is 141 Å². The van der Waals surface area contributed by atoms with Gasteiger partial charge in [-0.3, -0.25) is 0 Å². The quantitative estimate of drug-likeness (QED) is 0.635. The van der Waals surface area contributed by atoms with Crippen molar-refractivity contribution in [2.24, 2.45) is 0 Å². The second-order valence-corrected chi connectivity index (χ2v) is 6.65. The maximum absolute atomic E-state index is 5.92. The van der Waals surface area contributed by atoms with Gasteiger partial charge in [0.1, 0.15) is 11.2 Å². The molecule has 0 unspecified atom stereocenters. The number of benzene rings is 2. The molecular formula is C19H20N2OS.